The molecule has 0 aliphatic carbocycles. The first-order chi connectivity index (χ1) is 9.18. The van der Waals surface area contributed by atoms with Crippen LogP contribution in [0.1, 0.15) is 42.5 Å². The standard InChI is InChI=1S/C15H18BrFN2S/c1-8-5-10(16)11(17)6-9(8)7-12-13(15(2,3)4)19-14(18)20-12/h5-6H,7H2,1-4H3,(H2,18,19). The second-order valence-electron chi connectivity index (χ2n) is 5.94. The number of rotatable bonds is 2. The molecule has 0 fully saturated rings. The van der Waals surface area contributed by atoms with Crippen molar-refractivity contribution in [3.63, 3.8) is 0 Å². The molecule has 20 heavy (non-hydrogen) atoms. The molecule has 0 atom stereocenters. The Kier molecular flexibility index (Phi) is 4.21. The second kappa shape index (κ2) is 5.45. The van der Waals surface area contributed by atoms with Crippen LogP contribution in [0.5, 0.6) is 0 Å². The SMILES string of the molecule is Cc1cc(Br)c(F)cc1Cc1sc(N)nc1C(C)(C)C. The molecule has 1 heterocycles. The zero-order valence-electron chi connectivity index (χ0n) is 12.1. The molecule has 0 saturated carbocycles. The molecule has 0 saturated heterocycles. The Morgan fingerprint density at radius 2 is 2.00 bits per heavy atom. The third-order valence-corrected chi connectivity index (χ3v) is 4.65. The number of halogens is 2. The van der Waals surface area contributed by atoms with E-state index in [0.29, 0.717) is 16.0 Å². The van der Waals surface area contributed by atoms with Crippen LogP contribution in [-0.4, -0.2) is 4.98 Å². The van der Waals surface area contributed by atoms with E-state index in [9.17, 15) is 4.39 Å². The summed E-state index contributed by atoms with van der Waals surface area (Å²) >= 11 is 4.70. The maximum absolute atomic E-state index is 13.7. The van der Waals surface area contributed by atoms with Gasteiger partial charge in [0, 0.05) is 16.7 Å². The molecule has 2 aromatic rings. The van der Waals surface area contributed by atoms with Gasteiger partial charge in [-0.05, 0) is 46.1 Å². The Hall–Kier alpha value is -0.940. The molecular formula is C15H18BrFN2S. The molecule has 2 N–H and O–H groups in total. The topological polar surface area (TPSA) is 38.9 Å². The smallest absolute Gasteiger partial charge is 0.180 e. The van der Waals surface area contributed by atoms with Crippen molar-refractivity contribution < 1.29 is 4.39 Å². The number of aromatic nitrogens is 1. The van der Waals surface area contributed by atoms with Gasteiger partial charge in [0.15, 0.2) is 5.13 Å². The minimum absolute atomic E-state index is 0.0642. The van der Waals surface area contributed by atoms with Gasteiger partial charge in [0.25, 0.3) is 0 Å². The van der Waals surface area contributed by atoms with E-state index in [0.717, 1.165) is 21.7 Å². The summed E-state index contributed by atoms with van der Waals surface area (Å²) < 4.78 is 14.2. The highest BCUT2D eigenvalue weighted by Gasteiger charge is 2.23. The maximum atomic E-state index is 13.7. The minimum Gasteiger partial charge on any atom is -0.375 e. The van der Waals surface area contributed by atoms with E-state index in [4.69, 9.17) is 5.73 Å². The molecule has 108 valence electrons. The lowest BCUT2D eigenvalue weighted by Crippen LogP contribution is -2.14. The van der Waals surface area contributed by atoms with Gasteiger partial charge in [0.05, 0.1) is 10.2 Å². The van der Waals surface area contributed by atoms with Crippen LogP contribution in [0.2, 0.25) is 0 Å². The van der Waals surface area contributed by atoms with E-state index in [2.05, 4.69) is 41.7 Å². The fourth-order valence-electron chi connectivity index (χ4n) is 2.13. The Morgan fingerprint density at radius 1 is 1.35 bits per heavy atom. The lowest BCUT2D eigenvalue weighted by Gasteiger charge is -2.18. The molecule has 0 unspecified atom stereocenters. The van der Waals surface area contributed by atoms with Gasteiger partial charge in [-0.2, -0.15) is 0 Å². The maximum Gasteiger partial charge on any atom is 0.180 e. The number of nitrogens with zero attached hydrogens (tertiary/aromatic N) is 1. The summed E-state index contributed by atoms with van der Waals surface area (Å²) in [5.41, 5.74) is 8.82. The highest BCUT2D eigenvalue weighted by Crippen LogP contribution is 2.33. The summed E-state index contributed by atoms with van der Waals surface area (Å²) in [4.78, 5) is 5.55. The Morgan fingerprint density at radius 3 is 2.60 bits per heavy atom. The normalized spacial score (nSPS) is 11.9. The van der Waals surface area contributed by atoms with Crippen LogP contribution in [-0.2, 0) is 11.8 Å². The lowest BCUT2D eigenvalue weighted by molar-refractivity contribution is 0.568. The van der Waals surface area contributed by atoms with E-state index in [1.54, 1.807) is 6.07 Å². The molecule has 0 radical (unpaired) electrons. The number of nitrogens with two attached hydrogens (primary N) is 1. The van der Waals surface area contributed by atoms with E-state index >= 15 is 0 Å². The first kappa shape index (κ1) is 15.4. The Balaban J connectivity index is 2.43. The van der Waals surface area contributed by atoms with Crippen LogP contribution in [0, 0.1) is 12.7 Å². The number of aryl methyl sites for hydroxylation is 1. The molecule has 0 spiro atoms. The zero-order valence-corrected chi connectivity index (χ0v) is 14.5. The number of hydrogen-bond donors (Lipinski definition) is 1. The second-order valence-corrected chi connectivity index (χ2v) is 7.91. The van der Waals surface area contributed by atoms with Crippen molar-refractivity contribution in [1.82, 2.24) is 4.98 Å². The predicted molar refractivity (Wildman–Crippen MR) is 86.9 cm³/mol. The van der Waals surface area contributed by atoms with Gasteiger partial charge in [-0.25, -0.2) is 9.37 Å². The first-order valence-electron chi connectivity index (χ1n) is 6.38. The van der Waals surface area contributed by atoms with Gasteiger partial charge < -0.3 is 5.73 Å². The number of anilines is 1. The molecule has 5 heteroatoms. The zero-order chi connectivity index (χ0) is 15.1. The van der Waals surface area contributed by atoms with Crippen LogP contribution in [0.25, 0.3) is 0 Å². The number of thiazole rings is 1. The first-order valence-corrected chi connectivity index (χ1v) is 7.99. The van der Waals surface area contributed by atoms with E-state index in [1.165, 1.54) is 11.3 Å². The van der Waals surface area contributed by atoms with E-state index < -0.39 is 0 Å². The van der Waals surface area contributed by atoms with Gasteiger partial charge in [-0.15, -0.1) is 11.3 Å². The van der Waals surface area contributed by atoms with Gasteiger partial charge in [-0.3, -0.25) is 0 Å². The summed E-state index contributed by atoms with van der Waals surface area (Å²) in [6, 6.07) is 3.40. The third-order valence-electron chi connectivity index (χ3n) is 3.15. The van der Waals surface area contributed by atoms with Gasteiger partial charge in [0.2, 0.25) is 0 Å². The molecule has 1 aromatic heterocycles. The van der Waals surface area contributed by atoms with Crippen LogP contribution >= 0.6 is 27.3 Å². The van der Waals surface area contributed by atoms with Gasteiger partial charge >= 0.3 is 0 Å². The van der Waals surface area contributed by atoms with Crippen LogP contribution in [0.3, 0.4) is 0 Å². The minimum atomic E-state index is -0.236. The van der Waals surface area contributed by atoms with Crippen molar-refractivity contribution in [3.8, 4) is 0 Å². The largest absolute Gasteiger partial charge is 0.375 e. The molecule has 0 aliphatic heterocycles. The lowest BCUT2D eigenvalue weighted by atomic mass is 9.89. The molecule has 2 rings (SSSR count). The average Bonchev–Trinajstić information content (AvgIpc) is 2.67. The van der Waals surface area contributed by atoms with Gasteiger partial charge in [0.1, 0.15) is 5.82 Å². The number of benzene rings is 1. The molecular weight excluding hydrogens is 339 g/mol. The van der Waals surface area contributed by atoms with Crippen molar-refractivity contribution in [1.29, 1.82) is 0 Å². The quantitative estimate of drug-likeness (QED) is 0.837. The Labute approximate surface area is 131 Å². The Bertz CT molecular complexity index is 644. The number of hydrogen-bond acceptors (Lipinski definition) is 3. The fraction of sp³-hybridized carbons (Fsp3) is 0.400. The van der Waals surface area contributed by atoms with Crippen molar-refractivity contribution >= 4 is 32.4 Å². The van der Waals surface area contributed by atoms with Crippen LogP contribution < -0.4 is 5.73 Å². The summed E-state index contributed by atoms with van der Waals surface area (Å²) in [7, 11) is 0. The predicted octanol–water partition coefficient (Wildman–Crippen LogP) is 4.82. The molecule has 0 bridgehead atoms. The van der Waals surface area contributed by atoms with Crippen LogP contribution in [0.4, 0.5) is 9.52 Å². The summed E-state index contributed by atoms with van der Waals surface area (Å²) in [6.45, 7) is 8.32. The van der Waals surface area contributed by atoms with Gasteiger partial charge in [-0.1, -0.05) is 20.8 Å². The van der Waals surface area contributed by atoms with Crippen molar-refractivity contribution in [2.75, 3.05) is 5.73 Å². The summed E-state index contributed by atoms with van der Waals surface area (Å²) in [6.07, 6.45) is 0.664. The van der Waals surface area contributed by atoms with Crippen molar-refractivity contribution in [2.45, 2.75) is 39.5 Å². The number of nitrogen functional groups attached to an aromatic ring is 1. The molecule has 0 amide bonds. The fourth-order valence-corrected chi connectivity index (χ4v) is 3.65. The monoisotopic (exact) mass is 356 g/mol. The van der Waals surface area contributed by atoms with Crippen molar-refractivity contribution in [2.24, 2.45) is 0 Å². The molecule has 2 nitrogen and oxygen atoms in total. The highest BCUT2D eigenvalue weighted by molar-refractivity contribution is 9.10. The van der Waals surface area contributed by atoms with E-state index in [-0.39, 0.29) is 11.2 Å². The van der Waals surface area contributed by atoms with Crippen molar-refractivity contribution in [3.05, 3.63) is 44.1 Å². The molecule has 1 aromatic carbocycles. The summed E-state index contributed by atoms with van der Waals surface area (Å²) in [5.74, 6) is -0.236. The third kappa shape index (κ3) is 3.20. The van der Waals surface area contributed by atoms with Crippen LogP contribution in [0.15, 0.2) is 16.6 Å². The molecule has 0 aliphatic rings. The highest BCUT2D eigenvalue weighted by atomic mass is 79.9. The average molecular weight is 357 g/mol. The summed E-state index contributed by atoms with van der Waals surface area (Å²) in [5, 5.41) is 0.570. The van der Waals surface area contributed by atoms with E-state index in [1.807, 2.05) is 13.0 Å².